The van der Waals surface area contributed by atoms with Gasteiger partial charge < -0.3 is 15.5 Å². The van der Waals surface area contributed by atoms with E-state index in [-0.39, 0.29) is 5.97 Å². The first kappa shape index (κ1) is 13.6. The molecule has 0 fully saturated rings. The molecular weight excluding hydrogens is 240 g/mol. The number of hydrogen-bond acceptors (Lipinski definition) is 3. The zero-order chi connectivity index (χ0) is 14.2. The molecular formula is C15H20N2O2. The third-order valence-electron chi connectivity index (χ3n) is 3.74. The number of benzene rings is 1. The fourth-order valence-corrected chi connectivity index (χ4v) is 2.45. The minimum Gasteiger partial charge on any atom is -0.469 e. The number of fused-ring (bicyclic) bond motifs is 1. The van der Waals surface area contributed by atoms with E-state index < -0.39 is 11.5 Å². The number of methoxy groups -OCH3 is 1. The molecule has 4 nitrogen and oxygen atoms in total. The minimum absolute atomic E-state index is 0.301. The van der Waals surface area contributed by atoms with E-state index in [2.05, 4.69) is 4.98 Å². The monoisotopic (exact) mass is 260 g/mol. The van der Waals surface area contributed by atoms with Gasteiger partial charge in [0.2, 0.25) is 0 Å². The van der Waals surface area contributed by atoms with Crippen LogP contribution < -0.4 is 5.73 Å². The molecule has 19 heavy (non-hydrogen) atoms. The molecule has 0 unspecified atom stereocenters. The van der Waals surface area contributed by atoms with Crippen molar-refractivity contribution in [2.24, 2.45) is 11.1 Å². The summed E-state index contributed by atoms with van der Waals surface area (Å²) >= 11 is 0. The number of nitrogens with two attached hydrogens (primary N) is 1. The van der Waals surface area contributed by atoms with Gasteiger partial charge in [0.1, 0.15) is 0 Å². The molecule has 2 aromatic rings. The van der Waals surface area contributed by atoms with E-state index in [0.717, 1.165) is 22.2 Å². The smallest absolute Gasteiger partial charge is 0.313 e. The lowest BCUT2D eigenvalue weighted by Gasteiger charge is -2.29. The molecule has 0 bridgehead atoms. The van der Waals surface area contributed by atoms with E-state index in [1.54, 1.807) is 0 Å². The molecule has 2 rings (SSSR count). The van der Waals surface area contributed by atoms with Gasteiger partial charge >= 0.3 is 5.97 Å². The normalized spacial score (nSPS) is 13.5. The molecule has 0 aliphatic carbocycles. The second-order valence-electron chi connectivity index (χ2n) is 5.40. The number of aryl methyl sites for hydroxylation is 1. The number of esters is 1. The molecule has 1 aromatic carbocycles. The second kappa shape index (κ2) is 4.70. The van der Waals surface area contributed by atoms with Crippen molar-refractivity contribution in [3.05, 3.63) is 35.5 Å². The van der Waals surface area contributed by atoms with Gasteiger partial charge in [0.15, 0.2) is 0 Å². The Hall–Kier alpha value is -1.81. The predicted octanol–water partition coefficient (Wildman–Crippen LogP) is 2.68. The number of hydrogen-bond donors (Lipinski definition) is 2. The van der Waals surface area contributed by atoms with E-state index in [1.807, 2.05) is 45.0 Å². The Balaban J connectivity index is 2.55. The summed E-state index contributed by atoms with van der Waals surface area (Å²) < 4.78 is 4.86. The van der Waals surface area contributed by atoms with Crippen molar-refractivity contribution in [1.82, 2.24) is 4.98 Å². The molecule has 1 heterocycles. The van der Waals surface area contributed by atoms with Crippen LogP contribution in [0.1, 0.15) is 31.1 Å². The molecule has 0 aliphatic rings. The highest BCUT2D eigenvalue weighted by molar-refractivity contribution is 5.87. The number of carbonyl (C=O) groups excluding carboxylic acids is 1. The predicted molar refractivity (Wildman–Crippen MR) is 75.8 cm³/mol. The lowest BCUT2D eigenvalue weighted by atomic mass is 9.80. The topological polar surface area (TPSA) is 68.1 Å². The number of H-pyrrole nitrogens is 1. The minimum atomic E-state index is -0.773. The van der Waals surface area contributed by atoms with Crippen LogP contribution in [0.15, 0.2) is 24.3 Å². The summed E-state index contributed by atoms with van der Waals surface area (Å²) in [5, 5.41) is 1.06. The Kier molecular flexibility index (Phi) is 3.37. The summed E-state index contributed by atoms with van der Waals surface area (Å²) in [5.74, 6) is -0.301. The summed E-state index contributed by atoms with van der Waals surface area (Å²) in [5.41, 5.74) is 8.57. The highest BCUT2D eigenvalue weighted by Crippen LogP contribution is 2.37. The summed E-state index contributed by atoms with van der Waals surface area (Å²) in [6, 6.07) is 7.54. The third-order valence-corrected chi connectivity index (χ3v) is 3.74. The van der Waals surface area contributed by atoms with Crippen molar-refractivity contribution in [1.29, 1.82) is 0 Å². The zero-order valence-electron chi connectivity index (χ0n) is 11.8. The van der Waals surface area contributed by atoms with Gasteiger partial charge in [-0.05, 0) is 32.4 Å². The van der Waals surface area contributed by atoms with Gasteiger partial charge in [-0.3, -0.25) is 4.79 Å². The standard InChI is InChI=1S/C15H20N2O2/c1-9-12(10-7-5-6-8-11(10)17-9)13(16)15(2,3)14(18)19-4/h5-8,13,17H,16H2,1-4H3/t13-/m0/s1. The SMILES string of the molecule is COC(=O)C(C)(C)[C@@H](N)c1c(C)[nH]c2ccccc12. The van der Waals surface area contributed by atoms with Crippen molar-refractivity contribution >= 4 is 16.9 Å². The fourth-order valence-electron chi connectivity index (χ4n) is 2.45. The van der Waals surface area contributed by atoms with Crippen molar-refractivity contribution in [2.75, 3.05) is 7.11 Å². The number of para-hydroxylation sites is 1. The van der Waals surface area contributed by atoms with Crippen LogP contribution in [0.3, 0.4) is 0 Å². The zero-order valence-corrected chi connectivity index (χ0v) is 11.8. The van der Waals surface area contributed by atoms with Gasteiger partial charge in [-0.15, -0.1) is 0 Å². The van der Waals surface area contributed by atoms with Gasteiger partial charge in [0, 0.05) is 22.6 Å². The fraction of sp³-hybridized carbons (Fsp3) is 0.400. The lowest BCUT2D eigenvalue weighted by Crippen LogP contribution is -2.37. The Bertz CT molecular complexity index is 614. The number of carbonyl (C=O) groups is 1. The maximum atomic E-state index is 11.9. The molecule has 0 spiro atoms. The van der Waals surface area contributed by atoms with Gasteiger partial charge in [0.25, 0.3) is 0 Å². The number of aromatic amines is 1. The molecule has 0 saturated carbocycles. The van der Waals surface area contributed by atoms with E-state index >= 15 is 0 Å². The Morgan fingerprint density at radius 2 is 2.00 bits per heavy atom. The summed E-state index contributed by atoms with van der Waals surface area (Å²) in [6.45, 7) is 5.60. The molecule has 1 aromatic heterocycles. The van der Waals surface area contributed by atoms with Crippen LogP contribution in [-0.2, 0) is 9.53 Å². The van der Waals surface area contributed by atoms with Crippen LogP contribution in [0.25, 0.3) is 10.9 Å². The van der Waals surface area contributed by atoms with Crippen LogP contribution in [0, 0.1) is 12.3 Å². The number of ether oxygens (including phenoxy) is 1. The summed E-state index contributed by atoms with van der Waals surface area (Å²) in [4.78, 5) is 15.2. The van der Waals surface area contributed by atoms with E-state index in [4.69, 9.17) is 10.5 Å². The second-order valence-corrected chi connectivity index (χ2v) is 5.40. The van der Waals surface area contributed by atoms with Crippen molar-refractivity contribution in [3.63, 3.8) is 0 Å². The molecule has 4 heteroatoms. The highest BCUT2D eigenvalue weighted by Gasteiger charge is 2.38. The highest BCUT2D eigenvalue weighted by atomic mass is 16.5. The Labute approximate surface area is 112 Å². The molecule has 0 radical (unpaired) electrons. The number of nitrogens with one attached hydrogen (secondary N) is 1. The lowest BCUT2D eigenvalue weighted by molar-refractivity contribution is -0.152. The molecule has 3 N–H and O–H groups in total. The summed E-state index contributed by atoms with van der Waals surface area (Å²) in [7, 11) is 1.39. The Morgan fingerprint density at radius 1 is 1.37 bits per heavy atom. The first-order valence-electron chi connectivity index (χ1n) is 6.30. The van der Waals surface area contributed by atoms with E-state index in [1.165, 1.54) is 7.11 Å². The largest absolute Gasteiger partial charge is 0.469 e. The molecule has 0 amide bonds. The van der Waals surface area contributed by atoms with Gasteiger partial charge in [-0.25, -0.2) is 0 Å². The molecule has 102 valence electrons. The van der Waals surface area contributed by atoms with E-state index in [0.29, 0.717) is 0 Å². The summed E-state index contributed by atoms with van der Waals surface area (Å²) in [6.07, 6.45) is 0. The first-order valence-corrected chi connectivity index (χ1v) is 6.30. The third kappa shape index (κ3) is 2.12. The van der Waals surface area contributed by atoms with Crippen LogP contribution in [0.2, 0.25) is 0 Å². The molecule has 1 atom stereocenters. The molecule has 0 aliphatic heterocycles. The maximum Gasteiger partial charge on any atom is 0.313 e. The van der Waals surface area contributed by atoms with E-state index in [9.17, 15) is 4.79 Å². The van der Waals surface area contributed by atoms with Gasteiger partial charge in [-0.1, -0.05) is 18.2 Å². The van der Waals surface area contributed by atoms with Gasteiger partial charge in [-0.2, -0.15) is 0 Å². The van der Waals surface area contributed by atoms with Crippen molar-refractivity contribution < 1.29 is 9.53 Å². The first-order chi connectivity index (χ1) is 8.89. The maximum absolute atomic E-state index is 11.9. The van der Waals surface area contributed by atoms with Crippen molar-refractivity contribution in [3.8, 4) is 0 Å². The van der Waals surface area contributed by atoms with Crippen LogP contribution in [0.4, 0.5) is 0 Å². The van der Waals surface area contributed by atoms with Crippen molar-refractivity contribution in [2.45, 2.75) is 26.8 Å². The average Bonchev–Trinajstić information content (AvgIpc) is 2.72. The quantitative estimate of drug-likeness (QED) is 0.834. The van der Waals surface area contributed by atoms with Crippen LogP contribution in [0.5, 0.6) is 0 Å². The number of aromatic nitrogens is 1. The van der Waals surface area contributed by atoms with Gasteiger partial charge in [0.05, 0.1) is 12.5 Å². The Morgan fingerprint density at radius 3 is 2.63 bits per heavy atom. The average molecular weight is 260 g/mol. The van der Waals surface area contributed by atoms with Crippen LogP contribution in [-0.4, -0.2) is 18.1 Å². The molecule has 0 saturated heterocycles. The van der Waals surface area contributed by atoms with Crippen LogP contribution >= 0.6 is 0 Å². The number of rotatable bonds is 3.